The normalized spacial score (nSPS) is 15.1. The van der Waals surface area contributed by atoms with Crippen LogP contribution in [-0.4, -0.2) is 34.9 Å². The molecule has 0 radical (unpaired) electrons. The third-order valence-electron chi connectivity index (χ3n) is 2.41. The molecule has 1 aliphatic heterocycles. The average molecular weight is 219 g/mol. The molecule has 7 nitrogen and oxygen atoms in total. The van der Waals surface area contributed by atoms with Gasteiger partial charge in [-0.25, -0.2) is 0 Å². The van der Waals surface area contributed by atoms with Crippen LogP contribution in [0.1, 0.15) is 10.4 Å². The molecule has 1 amide bonds. The molecule has 2 rings (SSSR count). The Labute approximate surface area is 90.3 Å². The molecule has 0 aromatic carbocycles. The van der Waals surface area contributed by atoms with Gasteiger partial charge >= 0.3 is 0 Å². The van der Waals surface area contributed by atoms with E-state index in [0.29, 0.717) is 13.1 Å². The maximum absolute atomic E-state index is 11.8. The molecule has 1 aliphatic rings. The van der Waals surface area contributed by atoms with Gasteiger partial charge in [-0.2, -0.15) is 0 Å². The first-order valence-corrected chi connectivity index (χ1v) is 4.73. The number of nitrogens with one attached hydrogen (secondary N) is 1. The Balaban J connectivity index is 2.09. The second-order valence-electron chi connectivity index (χ2n) is 3.48. The number of H-pyrrole nitrogens is 1. The number of aromatic amines is 1. The van der Waals surface area contributed by atoms with Crippen LogP contribution in [0.3, 0.4) is 0 Å². The van der Waals surface area contributed by atoms with Crippen molar-refractivity contribution in [2.45, 2.75) is 6.04 Å². The molecule has 7 heteroatoms. The minimum absolute atomic E-state index is 0.113. The topological polar surface area (TPSA) is 102 Å². The van der Waals surface area contributed by atoms with Crippen molar-refractivity contribution in [2.75, 3.05) is 13.1 Å². The average Bonchev–Trinajstić information content (AvgIpc) is 2.22. The van der Waals surface area contributed by atoms with Crippen LogP contribution in [0, 0.1) is 0 Å². The molecule has 0 atom stereocenters. The number of amides is 1. The van der Waals surface area contributed by atoms with Gasteiger partial charge in [-0.1, -0.05) is 5.11 Å². The van der Waals surface area contributed by atoms with E-state index in [0.717, 1.165) is 0 Å². The lowest BCUT2D eigenvalue weighted by Gasteiger charge is -2.36. The number of hydrogen-bond donors (Lipinski definition) is 1. The van der Waals surface area contributed by atoms with E-state index in [4.69, 9.17) is 5.53 Å². The highest BCUT2D eigenvalue weighted by Crippen LogP contribution is 2.14. The lowest BCUT2D eigenvalue weighted by molar-refractivity contribution is 0.0607. The molecule has 2 heterocycles. The zero-order valence-electron chi connectivity index (χ0n) is 8.33. The van der Waals surface area contributed by atoms with E-state index in [1.165, 1.54) is 17.2 Å². The van der Waals surface area contributed by atoms with E-state index < -0.39 is 5.56 Å². The Morgan fingerprint density at radius 3 is 3.00 bits per heavy atom. The van der Waals surface area contributed by atoms with Crippen molar-refractivity contribution in [1.29, 1.82) is 0 Å². The lowest BCUT2D eigenvalue weighted by Crippen LogP contribution is -2.53. The molecule has 16 heavy (non-hydrogen) atoms. The lowest BCUT2D eigenvalue weighted by atomic mass is 10.1. The summed E-state index contributed by atoms with van der Waals surface area (Å²) >= 11 is 0. The van der Waals surface area contributed by atoms with Crippen LogP contribution < -0.4 is 5.56 Å². The first-order valence-electron chi connectivity index (χ1n) is 4.73. The predicted octanol–water partition coefficient (Wildman–Crippen LogP) is 0.510. The fourth-order valence-corrected chi connectivity index (χ4v) is 1.53. The van der Waals surface area contributed by atoms with Gasteiger partial charge in [0.1, 0.15) is 5.56 Å². The van der Waals surface area contributed by atoms with E-state index in [2.05, 4.69) is 15.0 Å². The van der Waals surface area contributed by atoms with Gasteiger partial charge in [0.05, 0.1) is 6.04 Å². The van der Waals surface area contributed by atoms with Crippen molar-refractivity contribution in [1.82, 2.24) is 9.88 Å². The molecule has 1 fully saturated rings. The summed E-state index contributed by atoms with van der Waals surface area (Å²) in [4.78, 5) is 29.7. The quantitative estimate of drug-likeness (QED) is 0.445. The zero-order chi connectivity index (χ0) is 11.5. The van der Waals surface area contributed by atoms with E-state index in [-0.39, 0.29) is 17.5 Å². The van der Waals surface area contributed by atoms with Gasteiger partial charge in [-0.15, -0.1) is 0 Å². The molecule has 82 valence electrons. The Bertz CT molecular complexity index is 511. The molecular weight excluding hydrogens is 210 g/mol. The smallest absolute Gasteiger partial charge is 0.260 e. The molecule has 0 bridgehead atoms. The van der Waals surface area contributed by atoms with Gasteiger partial charge in [-0.3, -0.25) is 9.59 Å². The van der Waals surface area contributed by atoms with E-state index in [1.54, 1.807) is 6.07 Å². The number of likely N-dealkylation sites (tertiary alicyclic amines) is 1. The Kier molecular flexibility index (Phi) is 2.61. The highest BCUT2D eigenvalue weighted by Gasteiger charge is 2.31. The fraction of sp³-hybridized carbons (Fsp3) is 0.333. The van der Waals surface area contributed by atoms with E-state index in [1.807, 2.05) is 0 Å². The van der Waals surface area contributed by atoms with E-state index >= 15 is 0 Å². The highest BCUT2D eigenvalue weighted by atomic mass is 16.2. The SMILES string of the molecule is [N-]=[N+]=NC1CN(C(=O)c2ccc[nH]c2=O)C1. The van der Waals surface area contributed by atoms with Crippen molar-refractivity contribution >= 4 is 5.91 Å². The van der Waals surface area contributed by atoms with Crippen LogP contribution in [0.25, 0.3) is 10.4 Å². The summed E-state index contributed by atoms with van der Waals surface area (Å²) in [5, 5.41) is 3.48. The Morgan fingerprint density at radius 1 is 1.62 bits per heavy atom. The fourth-order valence-electron chi connectivity index (χ4n) is 1.53. The molecule has 1 aromatic heterocycles. The summed E-state index contributed by atoms with van der Waals surface area (Å²) < 4.78 is 0. The van der Waals surface area contributed by atoms with Gasteiger partial charge < -0.3 is 9.88 Å². The minimum atomic E-state index is -0.403. The number of azide groups is 1. The van der Waals surface area contributed by atoms with Crippen molar-refractivity contribution in [2.24, 2.45) is 5.11 Å². The van der Waals surface area contributed by atoms with Crippen molar-refractivity contribution < 1.29 is 4.79 Å². The second kappa shape index (κ2) is 4.08. The predicted molar refractivity (Wildman–Crippen MR) is 55.9 cm³/mol. The monoisotopic (exact) mass is 219 g/mol. The Hall–Kier alpha value is -2.27. The maximum atomic E-state index is 11.8. The number of carbonyl (C=O) groups excluding carboxylic acids is 1. The Morgan fingerprint density at radius 2 is 2.38 bits per heavy atom. The highest BCUT2D eigenvalue weighted by molar-refractivity contribution is 5.94. The number of nitrogens with zero attached hydrogens (tertiary/aromatic N) is 4. The number of aromatic nitrogens is 1. The van der Waals surface area contributed by atoms with Gasteiger partial charge in [-0.05, 0) is 17.7 Å². The third-order valence-corrected chi connectivity index (χ3v) is 2.41. The summed E-state index contributed by atoms with van der Waals surface area (Å²) in [5.74, 6) is -0.328. The first kappa shape index (κ1) is 10.3. The molecule has 1 aromatic rings. The van der Waals surface area contributed by atoms with Crippen LogP contribution in [-0.2, 0) is 0 Å². The van der Waals surface area contributed by atoms with Gasteiger partial charge in [0, 0.05) is 24.2 Å². The summed E-state index contributed by atoms with van der Waals surface area (Å²) in [7, 11) is 0. The molecule has 0 aliphatic carbocycles. The minimum Gasteiger partial charge on any atom is -0.338 e. The molecule has 1 N–H and O–H groups in total. The molecular formula is C9H9N5O2. The van der Waals surface area contributed by atoms with Crippen LogP contribution in [0.5, 0.6) is 0 Å². The van der Waals surface area contributed by atoms with Crippen molar-refractivity contribution in [3.05, 3.63) is 44.7 Å². The summed E-state index contributed by atoms with van der Waals surface area (Å²) in [6, 6.07) is 2.90. The van der Waals surface area contributed by atoms with Crippen molar-refractivity contribution in [3.8, 4) is 0 Å². The van der Waals surface area contributed by atoms with Crippen LogP contribution in [0.15, 0.2) is 28.2 Å². The van der Waals surface area contributed by atoms with Gasteiger partial charge in [0.15, 0.2) is 0 Å². The zero-order valence-corrected chi connectivity index (χ0v) is 8.33. The largest absolute Gasteiger partial charge is 0.338 e. The summed E-state index contributed by atoms with van der Waals surface area (Å²) in [6.07, 6.45) is 1.47. The number of carbonyl (C=O) groups is 1. The molecule has 0 saturated carbocycles. The van der Waals surface area contributed by atoms with Crippen LogP contribution >= 0.6 is 0 Å². The number of hydrogen-bond acceptors (Lipinski definition) is 3. The van der Waals surface area contributed by atoms with Crippen LogP contribution in [0.2, 0.25) is 0 Å². The van der Waals surface area contributed by atoms with Crippen molar-refractivity contribution in [3.63, 3.8) is 0 Å². The summed E-state index contributed by atoms with van der Waals surface area (Å²) in [5.41, 5.74) is 7.90. The standard InChI is InChI=1S/C9H9N5O2/c10-13-12-6-4-14(5-6)9(16)7-2-1-3-11-8(7)15/h1-3,6H,4-5H2,(H,11,15). The van der Waals surface area contributed by atoms with Crippen LogP contribution in [0.4, 0.5) is 0 Å². The second-order valence-corrected chi connectivity index (χ2v) is 3.48. The molecule has 0 spiro atoms. The van der Waals surface area contributed by atoms with E-state index in [9.17, 15) is 9.59 Å². The summed E-state index contributed by atoms with van der Waals surface area (Å²) in [6.45, 7) is 0.744. The number of pyridine rings is 1. The van der Waals surface area contributed by atoms with Gasteiger partial charge in [0.25, 0.3) is 11.5 Å². The maximum Gasteiger partial charge on any atom is 0.260 e. The number of rotatable bonds is 2. The molecule has 1 saturated heterocycles. The first-order chi connectivity index (χ1) is 7.72. The molecule has 0 unspecified atom stereocenters. The van der Waals surface area contributed by atoms with Gasteiger partial charge in [0.2, 0.25) is 0 Å². The third kappa shape index (κ3) is 1.76.